The van der Waals surface area contributed by atoms with E-state index < -0.39 is 10.0 Å². The lowest BCUT2D eigenvalue weighted by molar-refractivity contribution is 0.414. The van der Waals surface area contributed by atoms with Gasteiger partial charge >= 0.3 is 0 Å². The van der Waals surface area contributed by atoms with Crippen molar-refractivity contribution < 1.29 is 17.9 Å². The Labute approximate surface area is 135 Å². The fourth-order valence-corrected chi connectivity index (χ4v) is 3.45. The number of ether oxygens (including phenoxy) is 2. The van der Waals surface area contributed by atoms with Crippen LogP contribution in [0.15, 0.2) is 47.4 Å². The van der Waals surface area contributed by atoms with Gasteiger partial charge in [0.2, 0.25) is 0 Å². The Morgan fingerprint density at radius 2 is 1.77 bits per heavy atom. The average molecular weight is 342 g/mol. The molecule has 0 aromatic heterocycles. The molecule has 0 spiro atoms. The third kappa shape index (κ3) is 3.13. The second-order valence-corrected chi connectivity index (χ2v) is 6.85. The van der Waals surface area contributed by atoms with Gasteiger partial charge in [0.15, 0.2) is 0 Å². The van der Waals surface area contributed by atoms with E-state index in [1.165, 1.54) is 43.8 Å². The summed E-state index contributed by atoms with van der Waals surface area (Å²) >= 11 is 6.01. The highest BCUT2D eigenvalue weighted by Gasteiger charge is 2.22. The standard InChI is InChI=1S/C15H16ClNO4S/c1-17(11-5-4-6-12(9-11)20-2)22(18,19)13-7-8-15(21-3)14(16)10-13/h4-10H,1-3H3. The summed E-state index contributed by atoms with van der Waals surface area (Å²) in [6.45, 7) is 0. The molecule has 0 aliphatic heterocycles. The maximum Gasteiger partial charge on any atom is 0.264 e. The van der Waals surface area contributed by atoms with Gasteiger partial charge < -0.3 is 9.47 Å². The quantitative estimate of drug-likeness (QED) is 0.838. The number of methoxy groups -OCH3 is 2. The third-order valence-corrected chi connectivity index (χ3v) is 5.28. The van der Waals surface area contributed by atoms with Crippen molar-refractivity contribution in [2.45, 2.75) is 4.90 Å². The van der Waals surface area contributed by atoms with Gasteiger partial charge in [-0.15, -0.1) is 0 Å². The summed E-state index contributed by atoms with van der Waals surface area (Å²) in [7, 11) is 0.742. The van der Waals surface area contributed by atoms with Crippen molar-refractivity contribution in [2.24, 2.45) is 0 Å². The summed E-state index contributed by atoms with van der Waals surface area (Å²) in [5, 5.41) is 0.239. The van der Waals surface area contributed by atoms with Crippen LogP contribution in [0.1, 0.15) is 0 Å². The molecule has 0 amide bonds. The summed E-state index contributed by atoms with van der Waals surface area (Å²) in [6, 6.07) is 11.1. The number of sulfonamides is 1. The molecule has 0 radical (unpaired) electrons. The van der Waals surface area contributed by atoms with E-state index in [9.17, 15) is 8.42 Å². The van der Waals surface area contributed by atoms with Crippen molar-refractivity contribution in [1.82, 2.24) is 0 Å². The van der Waals surface area contributed by atoms with Crippen LogP contribution in [-0.4, -0.2) is 29.7 Å². The zero-order valence-electron chi connectivity index (χ0n) is 12.4. The van der Waals surface area contributed by atoms with Gasteiger partial charge in [-0.05, 0) is 30.3 Å². The van der Waals surface area contributed by atoms with Crippen LogP contribution in [0.5, 0.6) is 11.5 Å². The second kappa shape index (κ2) is 6.46. The molecule has 2 aromatic rings. The van der Waals surface area contributed by atoms with Gasteiger partial charge in [-0.3, -0.25) is 4.31 Å². The van der Waals surface area contributed by atoms with Gasteiger partial charge in [-0.25, -0.2) is 8.42 Å². The van der Waals surface area contributed by atoms with E-state index in [2.05, 4.69) is 0 Å². The first-order valence-electron chi connectivity index (χ1n) is 6.36. The Kier molecular flexibility index (Phi) is 4.83. The largest absolute Gasteiger partial charge is 0.497 e. The van der Waals surface area contributed by atoms with Crippen molar-refractivity contribution in [3.05, 3.63) is 47.5 Å². The normalized spacial score (nSPS) is 11.1. The SMILES string of the molecule is COc1cccc(N(C)S(=O)(=O)c2ccc(OC)c(Cl)c2)c1. The Hall–Kier alpha value is -1.92. The van der Waals surface area contributed by atoms with Gasteiger partial charge in [0.05, 0.1) is 29.8 Å². The summed E-state index contributed by atoms with van der Waals surface area (Å²) in [5.74, 6) is 0.997. The van der Waals surface area contributed by atoms with Gasteiger partial charge in [0, 0.05) is 13.1 Å². The zero-order valence-corrected chi connectivity index (χ0v) is 14.0. The number of hydrogen-bond acceptors (Lipinski definition) is 4. The molecular weight excluding hydrogens is 326 g/mol. The van der Waals surface area contributed by atoms with Crippen LogP contribution in [0.3, 0.4) is 0 Å². The first-order valence-corrected chi connectivity index (χ1v) is 8.18. The maximum atomic E-state index is 12.7. The van der Waals surface area contributed by atoms with Crippen molar-refractivity contribution in [1.29, 1.82) is 0 Å². The molecule has 0 bridgehead atoms. The Morgan fingerprint density at radius 3 is 2.36 bits per heavy atom. The van der Waals surface area contributed by atoms with Gasteiger partial charge in [-0.1, -0.05) is 17.7 Å². The lowest BCUT2D eigenvalue weighted by atomic mass is 10.3. The number of hydrogen-bond donors (Lipinski definition) is 0. The molecule has 0 atom stereocenters. The molecule has 0 N–H and O–H groups in total. The van der Waals surface area contributed by atoms with Crippen LogP contribution >= 0.6 is 11.6 Å². The average Bonchev–Trinajstić information content (AvgIpc) is 2.54. The van der Waals surface area contributed by atoms with Crippen molar-refractivity contribution in [3.63, 3.8) is 0 Å². The fourth-order valence-electron chi connectivity index (χ4n) is 1.91. The molecular formula is C15H16ClNO4S. The smallest absolute Gasteiger partial charge is 0.264 e. The summed E-state index contributed by atoms with van der Waals surface area (Å²) in [5.41, 5.74) is 0.492. The van der Waals surface area contributed by atoms with E-state index in [1.807, 2.05) is 0 Å². The third-order valence-electron chi connectivity index (χ3n) is 3.20. The zero-order chi connectivity index (χ0) is 16.3. The van der Waals surface area contributed by atoms with Crippen LogP contribution < -0.4 is 13.8 Å². The minimum atomic E-state index is -3.73. The van der Waals surface area contributed by atoms with Crippen LogP contribution in [-0.2, 0) is 10.0 Å². The van der Waals surface area contributed by atoms with Crippen molar-refractivity contribution in [3.8, 4) is 11.5 Å². The second-order valence-electron chi connectivity index (χ2n) is 4.47. The molecule has 118 valence electrons. The van der Waals surface area contributed by atoms with E-state index in [-0.39, 0.29) is 9.92 Å². The Balaban J connectivity index is 2.42. The molecule has 0 heterocycles. The van der Waals surface area contributed by atoms with Crippen molar-refractivity contribution in [2.75, 3.05) is 25.6 Å². The molecule has 2 aromatic carbocycles. The minimum absolute atomic E-state index is 0.0867. The van der Waals surface area contributed by atoms with E-state index in [4.69, 9.17) is 21.1 Å². The summed E-state index contributed by atoms with van der Waals surface area (Å²) in [6.07, 6.45) is 0. The van der Waals surface area contributed by atoms with E-state index >= 15 is 0 Å². The Bertz CT molecular complexity index is 777. The monoisotopic (exact) mass is 341 g/mol. The molecule has 0 saturated carbocycles. The van der Waals surface area contributed by atoms with Gasteiger partial charge in [0.1, 0.15) is 11.5 Å². The van der Waals surface area contributed by atoms with Crippen LogP contribution in [0.25, 0.3) is 0 Å². The van der Waals surface area contributed by atoms with Crippen LogP contribution in [0.4, 0.5) is 5.69 Å². The molecule has 22 heavy (non-hydrogen) atoms. The molecule has 0 fully saturated rings. The first kappa shape index (κ1) is 16.5. The number of halogens is 1. The summed E-state index contributed by atoms with van der Waals surface area (Å²) in [4.78, 5) is 0.0867. The fraction of sp³-hybridized carbons (Fsp3) is 0.200. The van der Waals surface area contributed by atoms with Gasteiger partial charge in [0.25, 0.3) is 10.0 Å². The predicted molar refractivity (Wildman–Crippen MR) is 86.6 cm³/mol. The van der Waals surface area contributed by atoms with E-state index in [1.54, 1.807) is 24.3 Å². The molecule has 7 heteroatoms. The number of nitrogens with zero attached hydrogens (tertiary/aromatic N) is 1. The lowest BCUT2D eigenvalue weighted by Crippen LogP contribution is -2.26. The highest BCUT2D eigenvalue weighted by atomic mass is 35.5. The van der Waals surface area contributed by atoms with Gasteiger partial charge in [-0.2, -0.15) is 0 Å². The highest BCUT2D eigenvalue weighted by Crippen LogP contribution is 2.30. The molecule has 0 saturated heterocycles. The maximum absolute atomic E-state index is 12.7. The van der Waals surface area contributed by atoms with Crippen LogP contribution in [0, 0.1) is 0 Å². The van der Waals surface area contributed by atoms with Crippen LogP contribution in [0.2, 0.25) is 5.02 Å². The molecule has 0 aliphatic carbocycles. The molecule has 0 aliphatic rings. The number of benzene rings is 2. The number of rotatable bonds is 5. The number of anilines is 1. The van der Waals surface area contributed by atoms with Crippen molar-refractivity contribution >= 4 is 27.3 Å². The minimum Gasteiger partial charge on any atom is -0.497 e. The van der Waals surface area contributed by atoms with E-state index in [0.717, 1.165) is 0 Å². The molecule has 0 unspecified atom stereocenters. The molecule has 5 nitrogen and oxygen atoms in total. The highest BCUT2D eigenvalue weighted by molar-refractivity contribution is 7.92. The molecule has 2 rings (SSSR count). The predicted octanol–water partition coefficient (Wildman–Crippen LogP) is 3.18. The topological polar surface area (TPSA) is 55.8 Å². The van der Waals surface area contributed by atoms with E-state index in [0.29, 0.717) is 17.2 Å². The lowest BCUT2D eigenvalue weighted by Gasteiger charge is -2.20. The first-order chi connectivity index (χ1) is 10.4. The summed E-state index contributed by atoms with van der Waals surface area (Å²) < 4.78 is 36.7. The Morgan fingerprint density at radius 1 is 1.05 bits per heavy atom.